The fourth-order valence-electron chi connectivity index (χ4n) is 2.30. The Morgan fingerprint density at radius 2 is 2.11 bits per heavy atom. The third-order valence-corrected chi connectivity index (χ3v) is 3.90. The fraction of sp³-hybridized carbons (Fsp3) is 0.143. The number of nitrogens with one attached hydrogen (secondary N) is 1. The van der Waals surface area contributed by atoms with E-state index in [9.17, 15) is 10.1 Å². The number of nitrogens with zero attached hydrogens (tertiary/aromatic N) is 1. The van der Waals surface area contributed by atoms with Crippen LogP contribution in [-0.4, -0.2) is 19.6 Å². The minimum absolute atomic E-state index is 0.0353. The van der Waals surface area contributed by atoms with E-state index < -0.39 is 5.91 Å². The van der Waals surface area contributed by atoms with Crippen molar-refractivity contribution in [3.8, 4) is 29.9 Å². The number of carbonyl (C=O) groups is 1. The molecule has 0 aliphatic heterocycles. The second-order valence-corrected chi connectivity index (χ2v) is 5.87. The maximum Gasteiger partial charge on any atom is 0.266 e. The van der Waals surface area contributed by atoms with Crippen LogP contribution in [0.25, 0.3) is 6.08 Å². The Hall–Kier alpha value is -3.41. The van der Waals surface area contributed by atoms with Crippen LogP contribution < -0.4 is 14.8 Å². The van der Waals surface area contributed by atoms with E-state index in [2.05, 4.69) is 11.2 Å². The molecule has 136 valence electrons. The number of aryl methyl sites for hydroxylation is 1. The smallest absolute Gasteiger partial charge is 0.266 e. The summed E-state index contributed by atoms with van der Waals surface area (Å²) in [6.07, 6.45) is 6.61. The number of anilines is 1. The first-order valence-electron chi connectivity index (χ1n) is 7.92. The summed E-state index contributed by atoms with van der Waals surface area (Å²) in [6, 6.07) is 12.4. The van der Waals surface area contributed by atoms with Gasteiger partial charge in [0.05, 0.1) is 12.1 Å². The van der Waals surface area contributed by atoms with E-state index in [1.54, 1.807) is 24.3 Å². The van der Waals surface area contributed by atoms with Crippen molar-refractivity contribution in [1.29, 1.82) is 5.26 Å². The number of hydrogen-bond donors (Lipinski definition) is 1. The third-order valence-electron chi connectivity index (χ3n) is 3.62. The van der Waals surface area contributed by atoms with Crippen molar-refractivity contribution in [3.05, 3.63) is 58.1 Å². The van der Waals surface area contributed by atoms with Gasteiger partial charge in [-0.2, -0.15) is 5.26 Å². The highest BCUT2D eigenvalue weighted by Crippen LogP contribution is 2.37. The van der Waals surface area contributed by atoms with Gasteiger partial charge < -0.3 is 14.8 Å². The lowest BCUT2D eigenvalue weighted by Crippen LogP contribution is -2.14. The van der Waals surface area contributed by atoms with Crippen molar-refractivity contribution >= 4 is 29.3 Å². The van der Waals surface area contributed by atoms with Crippen molar-refractivity contribution in [2.45, 2.75) is 6.92 Å². The lowest BCUT2D eigenvalue weighted by atomic mass is 10.1. The molecule has 0 spiro atoms. The SMILES string of the molecule is C#CCOc1c(Cl)cc(/C=C(\C#N)C(=O)Nc2ccccc2C)cc1OC. The van der Waals surface area contributed by atoms with Crippen LogP contribution in [0.4, 0.5) is 5.69 Å². The van der Waals surface area contributed by atoms with Crippen LogP contribution in [-0.2, 0) is 4.79 Å². The van der Waals surface area contributed by atoms with Gasteiger partial charge in [-0.05, 0) is 42.3 Å². The van der Waals surface area contributed by atoms with E-state index in [0.29, 0.717) is 22.7 Å². The first-order valence-corrected chi connectivity index (χ1v) is 8.30. The van der Waals surface area contributed by atoms with Crippen LogP contribution in [0.15, 0.2) is 42.0 Å². The molecule has 27 heavy (non-hydrogen) atoms. The molecule has 0 saturated carbocycles. The lowest BCUT2D eigenvalue weighted by Gasteiger charge is -2.12. The summed E-state index contributed by atoms with van der Waals surface area (Å²) < 4.78 is 10.6. The van der Waals surface area contributed by atoms with Gasteiger partial charge >= 0.3 is 0 Å². The van der Waals surface area contributed by atoms with Gasteiger partial charge in [0.2, 0.25) is 0 Å². The number of halogens is 1. The quantitative estimate of drug-likeness (QED) is 0.463. The third kappa shape index (κ3) is 5.04. The first-order chi connectivity index (χ1) is 13.0. The largest absolute Gasteiger partial charge is 0.493 e. The van der Waals surface area contributed by atoms with Gasteiger partial charge in [0.25, 0.3) is 5.91 Å². The molecule has 2 aromatic rings. The normalized spacial score (nSPS) is 10.5. The van der Waals surface area contributed by atoms with Crippen LogP contribution in [0.2, 0.25) is 5.02 Å². The zero-order valence-electron chi connectivity index (χ0n) is 14.9. The predicted octanol–water partition coefficient (Wildman–Crippen LogP) is 4.21. The monoisotopic (exact) mass is 380 g/mol. The number of nitriles is 1. The van der Waals surface area contributed by atoms with Crippen molar-refractivity contribution in [2.75, 3.05) is 19.0 Å². The van der Waals surface area contributed by atoms with Gasteiger partial charge in [0.1, 0.15) is 18.2 Å². The molecule has 5 nitrogen and oxygen atoms in total. The molecule has 1 N–H and O–H groups in total. The lowest BCUT2D eigenvalue weighted by molar-refractivity contribution is -0.112. The van der Waals surface area contributed by atoms with Gasteiger partial charge in [-0.3, -0.25) is 4.79 Å². The Balaban J connectivity index is 2.33. The van der Waals surface area contributed by atoms with Gasteiger partial charge in [0, 0.05) is 5.69 Å². The van der Waals surface area contributed by atoms with E-state index in [0.717, 1.165) is 5.56 Å². The average Bonchev–Trinajstić information content (AvgIpc) is 2.66. The number of rotatable bonds is 6. The summed E-state index contributed by atoms with van der Waals surface area (Å²) in [5.41, 5.74) is 1.97. The predicted molar refractivity (Wildman–Crippen MR) is 106 cm³/mol. The van der Waals surface area contributed by atoms with Crippen LogP contribution >= 0.6 is 11.6 Å². The zero-order chi connectivity index (χ0) is 19.8. The molecule has 0 aliphatic rings. The Morgan fingerprint density at radius 3 is 2.74 bits per heavy atom. The number of hydrogen-bond acceptors (Lipinski definition) is 4. The van der Waals surface area contributed by atoms with Crippen LogP contribution in [0.5, 0.6) is 11.5 Å². The molecular formula is C21H17ClN2O3. The van der Waals surface area contributed by atoms with Gasteiger partial charge in [-0.15, -0.1) is 6.42 Å². The van der Waals surface area contributed by atoms with Crippen molar-refractivity contribution in [2.24, 2.45) is 0 Å². The van der Waals surface area contributed by atoms with E-state index in [1.807, 2.05) is 25.1 Å². The highest BCUT2D eigenvalue weighted by molar-refractivity contribution is 6.32. The maximum absolute atomic E-state index is 12.4. The van der Waals surface area contributed by atoms with Gasteiger partial charge in [-0.25, -0.2) is 0 Å². The number of carbonyl (C=O) groups excluding carboxylic acids is 1. The van der Waals surface area contributed by atoms with Crippen molar-refractivity contribution in [1.82, 2.24) is 0 Å². The topological polar surface area (TPSA) is 71.3 Å². The molecule has 1 amide bonds. The summed E-state index contributed by atoms with van der Waals surface area (Å²) in [5, 5.41) is 12.4. The fourth-order valence-corrected chi connectivity index (χ4v) is 2.57. The van der Waals surface area contributed by atoms with E-state index in [-0.39, 0.29) is 17.2 Å². The molecule has 0 radical (unpaired) electrons. The van der Waals surface area contributed by atoms with Crippen molar-refractivity contribution in [3.63, 3.8) is 0 Å². The molecule has 0 saturated heterocycles. The molecule has 2 rings (SSSR count). The zero-order valence-corrected chi connectivity index (χ0v) is 15.6. The van der Waals surface area contributed by atoms with Gasteiger partial charge in [-0.1, -0.05) is 35.7 Å². The Bertz CT molecular complexity index is 968. The Morgan fingerprint density at radius 1 is 1.37 bits per heavy atom. The van der Waals surface area contributed by atoms with E-state index in [1.165, 1.54) is 13.2 Å². The molecule has 0 aliphatic carbocycles. The molecule has 6 heteroatoms. The second kappa shape index (κ2) is 9.33. The minimum Gasteiger partial charge on any atom is -0.493 e. The molecule has 0 bridgehead atoms. The molecule has 0 heterocycles. The van der Waals surface area contributed by atoms with E-state index >= 15 is 0 Å². The van der Waals surface area contributed by atoms with Crippen LogP contribution in [0.1, 0.15) is 11.1 Å². The number of terminal acetylenes is 1. The molecule has 0 aromatic heterocycles. The number of para-hydroxylation sites is 1. The molecule has 0 fully saturated rings. The molecular weight excluding hydrogens is 364 g/mol. The van der Waals surface area contributed by atoms with Crippen LogP contribution in [0, 0.1) is 30.6 Å². The van der Waals surface area contributed by atoms with Crippen molar-refractivity contribution < 1.29 is 14.3 Å². The summed E-state index contributed by atoms with van der Waals surface area (Å²) >= 11 is 6.22. The second-order valence-electron chi connectivity index (χ2n) is 5.47. The number of ether oxygens (including phenoxy) is 2. The molecule has 2 aromatic carbocycles. The van der Waals surface area contributed by atoms with Gasteiger partial charge in [0.15, 0.2) is 11.5 Å². The average molecular weight is 381 g/mol. The number of benzene rings is 2. The van der Waals surface area contributed by atoms with E-state index in [4.69, 9.17) is 27.5 Å². The highest BCUT2D eigenvalue weighted by Gasteiger charge is 2.14. The maximum atomic E-state index is 12.4. The standard InChI is InChI=1S/C21H17ClN2O3/c1-4-9-27-20-17(22)11-15(12-19(20)26-3)10-16(13-23)21(25)24-18-8-6-5-7-14(18)2/h1,5-8,10-12H,9H2,2-3H3,(H,24,25)/b16-10+. The number of amides is 1. The Kier molecular flexibility index (Phi) is 6.88. The van der Waals surface area contributed by atoms with Crippen LogP contribution in [0.3, 0.4) is 0 Å². The summed E-state index contributed by atoms with van der Waals surface area (Å²) in [4.78, 5) is 12.4. The molecule has 0 atom stereocenters. The summed E-state index contributed by atoms with van der Waals surface area (Å²) in [6.45, 7) is 1.90. The minimum atomic E-state index is -0.519. The highest BCUT2D eigenvalue weighted by atomic mass is 35.5. The number of methoxy groups -OCH3 is 1. The summed E-state index contributed by atoms with van der Waals surface area (Å²) in [7, 11) is 1.46. The Labute approximate surface area is 163 Å². The molecule has 0 unspecified atom stereocenters. The summed E-state index contributed by atoms with van der Waals surface area (Å²) in [5.74, 6) is 2.48. The first kappa shape index (κ1) is 19.9.